The lowest BCUT2D eigenvalue weighted by Gasteiger charge is -2.10. The van der Waals surface area contributed by atoms with Gasteiger partial charge >= 0.3 is 5.69 Å². The second-order valence-electron chi connectivity index (χ2n) is 7.41. The summed E-state index contributed by atoms with van der Waals surface area (Å²) in [6.07, 6.45) is 4.84. The Morgan fingerprint density at radius 3 is 2.63 bits per heavy atom. The summed E-state index contributed by atoms with van der Waals surface area (Å²) in [5.41, 5.74) is 5.89. The topological polar surface area (TPSA) is 94.3 Å². The van der Waals surface area contributed by atoms with E-state index in [4.69, 9.17) is 0 Å². The molecule has 4 aromatic rings. The quantitative estimate of drug-likeness (QED) is 0.512. The lowest BCUT2D eigenvalue weighted by molar-refractivity contribution is 0.667. The van der Waals surface area contributed by atoms with Gasteiger partial charge in [-0.25, -0.2) is 9.89 Å². The summed E-state index contributed by atoms with van der Waals surface area (Å²) < 4.78 is 3.64. The van der Waals surface area contributed by atoms with Crippen LogP contribution >= 0.6 is 0 Å². The number of pyridine rings is 1. The van der Waals surface area contributed by atoms with Crippen LogP contribution in [0.5, 0.6) is 0 Å². The second kappa shape index (κ2) is 8.44. The zero-order chi connectivity index (χ0) is 21.1. The third kappa shape index (κ3) is 3.68. The van der Waals surface area contributed by atoms with Crippen LogP contribution in [0.1, 0.15) is 36.7 Å². The fourth-order valence-corrected chi connectivity index (χ4v) is 3.70. The van der Waals surface area contributed by atoms with E-state index >= 15 is 0 Å². The van der Waals surface area contributed by atoms with Crippen molar-refractivity contribution in [2.75, 3.05) is 0 Å². The minimum Gasteiger partial charge on any atom is -0.299 e. The Morgan fingerprint density at radius 2 is 1.93 bits per heavy atom. The van der Waals surface area contributed by atoms with Crippen LogP contribution in [-0.2, 0) is 20.0 Å². The lowest BCUT2D eigenvalue weighted by atomic mass is 10.0. The number of aromatic amines is 1. The molecule has 0 aliphatic rings. The van der Waals surface area contributed by atoms with E-state index in [9.17, 15) is 4.79 Å². The summed E-state index contributed by atoms with van der Waals surface area (Å²) >= 11 is 0. The number of hydrogen-bond donors (Lipinski definition) is 1. The van der Waals surface area contributed by atoms with Gasteiger partial charge in [-0.3, -0.25) is 14.1 Å². The predicted molar refractivity (Wildman–Crippen MR) is 115 cm³/mol. The SMILES string of the molecule is CCCCc1c(C)n(C)c(=O)n1Cc1ccc(-c2ncccc2-c2nnn[nH]2)cc1. The summed E-state index contributed by atoms with van der Waals surface area (Å²) in [5, 5.41) is 14.1. The Balaban J connectivity index is 1.64. The van der Waals surface area contributed by atoms with Crippen molar-refractivity contribution in [3.63, 3.8) is 0 Å². The predicted octanol–water partition coefficient (Wildman–Crippen LogP) is 3.13. The van der Waals surface area contributed by atoms with Gasteiger partial charge in [-0.15, -0.1) is 5.10 Å². The van der Waals surface area contributed by atoms with Crippen molar-refractivity contribution in [1.82, 2.24) is 34.7 Å². The van der Waals surface area contributed by atoms with Gasteiger partial charge in [-0.05, 0) is 47.9 Å². The third-order valence-electron chi connectivity index (χ3n) is 5.51. The molecule has 0 saturated carbocycles. The van der Waals surface area contributed by atoms with Gasteiger partial charge in [0.2, 0.25) is 0 Å². The normalized spacial score (nSPS) is 11.2. The van der Waals surface area contributed by atoms with Gasteiger partial charge in [-0.1, -0.05) is 37.6 Å². The Kier molecular flexibility index (Phi) is 5.56. The average molecular weight is 403 g/mol. The Morgan fingerprint density at radius 1 is 1.13 bits per heavy atom. The van der Waals surface area contributed by atoms with Gasteiger partial charge in [0.1, 0.15) is 0 Å². The highest BCUT2D eigenvalue weighted by molar-refractivity contribution is 5.76. The molecule has 4 rings (SSSR count). The molecule has 0 unspecified atom stereocenters. The molecular formula is C22H25N7O. The maximum Gasteiger partial charge on any atom is 0.328 e. The molecule has 3 aromatic heterocycles. The minimum atomic E-state index is 0.0347. The molecule has 3 heterocycles. The number of nitrogens with one attached hydrogen (secondary N) is 1. The highest BCUT2D eigenvalue weighted by Gasteiger charge is 2.15. The molecule has 0 amide bonds. The summed E-state index contributed by atoms with van der Waals surface area (Å²) in [7, 11) is 1.84. The summed E-state index contributed by atoms with van der Waals surface area (Å²) in [6.45, 7) is 4.74. The van der Waals surface area contributed by atoms with E-state index in [1.54, 1.807) is 10.8 Å². The van der Waals surface area contributed by atoms with Crippen molar-refractivity contribution in [3.8, 4) is 22.6 Å². The van der Waals surface area contributed by atoms with Crippen molar-refractivity contribution in [2.24, 2.45) is 7.05 Å². The van der Waals surface area contributed by atoms with E-state index in [2.05, 4.69) is 32.5 Å². The van der Waals surface area contributed by atoms with E-state index in [0.717, 1.165) is 53.0 Å². The van der Waals surface area contributed by atoms with Crippen LogP contribution in [0.3, 0.4) is 0 Å². The molecule has 0 atom stereocenters. The van der Waals surface area contributed by atoms with Crippen LogP contribution < -0.4 is 5.69 Å². The summed E-state index contributed by atoms with van der Waals surface area (Å²) in [4.78, 5) is 17.3. The van der Waals surface area contributed by atoms with Crippen LogP contribution in [0.4, 0.5) is 0 Å². The van der Waals surface area contributed by atoms with Gasteiger partial charge < -0.3 is 0 Å². The van der Waals surface area contributed by atoms with Gasteiger partial charge in [-0.2, -0.15) is 0 Å². The number of unbranched alkanes of at least 4 members (excludes halogenated alkanes) is 1. The average Bonchev–Trinajstić information content (AvgIpc) is 3.38. The number of tetrazole rings is 1. The van der Waals surface area contributed by atoms with Crippen molar-refractivity contribution in [1.29, 1.82) is 0 Å². The Hall–Kier alpha value is -3.55. The molecule has 154 valence electrons. The van der Waals surface area contributed by atoms with E-state index in [0.29, 0.717) is 12.4 Å². The van der Waals surface area contributed by atoms with Crippen LogP contribution in [0.2, 0.25) is 0 Å². The van der Waals surface area contributed by atoms with E-state index < -0.39 is 0 Å². The molecule has 30 heavy (non-hydrogen) atoms. The zero-order valence-corrected chi connectivity index (χ0v) is 17.5. The molecule has 0 radical (unpaired) electrons. The maximum absolute atomic E-state index is 12.7. The fourth-order valence-electron chi connectivity index (χ4n) is 3.70. The van der Waals surface area contributed by atoms with Gasteiger partial charge in [0.05, 0.1) is 12.2 Å². The van der Waals surface area contributed by atoms with Crippen molar-refractivity contribution in [3.05, 3.63) is 70.0 Å². The second-order valence-corrected chi connectivity index (χ2v) is 7.41. The number of rotatable bonds is 7. The van der Waals surface area contributed by atoms with E-state index in [-0.39, 0.29) is 5.69 Å². The van der Waals surface area contributed by atoms with E-state index in [1.807, 2.05) is 54.9 Å². The highest BCUT2D eigenvalue weighted by atomic mass is 16.1. The van der Waals surface area contributed by atoms with Crippen molar-refractivity contribution >= 4 is 0 Å². The molecule has 0 aliphatic carbocycles. The first kappa shape index (κ1) is 19.8. The number of hydrogen-bond acceptors (Lipinski definition) is 5. The van der Waals surface area contributed by atoms with E-state index in [1.165, 1.54) is 0 Å². The van der Waals surface area contributed by atoms with Gasteiger partial charge in [0.25, 0.3) is 0 Å². The molecule has 0 aliphatic heterocycles. The Bertz CT molecular complexity index is 1190. The molecule has 0 fully saturated rings. The Labute approximate surface area is 174 Å². The number of H-pyrrole nitrogens is 1. The third-order valence-corrected chi connectivity index (χ3v) is 5.51. The van der Waals surface area contributed by atoms with Crippen LogP contribution in [-0.4, -0.2) is 34.7 Å². The standard InChI is InChI=1S/C22H25N7O/c1-4-5-8-19-15(2)28(3)22(30)29(19)14-16-9-11-17(12-10-16)20-18(7-6-13-23-20)21-24-26-27-25-21/h6-7,9-13H,4-5,8,14H2,1-3H3,(H,24,25,26,27). The smallest absolute Gasteiger partial charge is 0.299 e. The van der Waals surface area contributed by atoms with Gasteiger partial charge in [0.15, 0.2) is 5.82 Å². The molecule has 1 aromatic carbocycles. The lowest BCUT2D eigenvalue weighted by Crippen LogP contribution is -2.24. The largest absolute Gasteiger partial charge is 0.328 e. The molecular weight excluding hydrogens is 378 g/mol. The minimum absolute atomic E-state index is 0.0347. The first-order valence-electron chi connectivity index (χ1n) is 10.1. The number of benzene rings is 1. The molecule has 1 N–H and O–H groups in total. The monoisotopic (exact) mass is 403 g/mol. The van der Waals surface area contributed by atoms with Crippen molar-refractivity contribution in [2.45, 2.75) is 39.7 Å². The first-order valence-corrected chi connectivity index (χ1v) is 10.1. The van der Waals surface area contributed by atoms with Crippen LogP contribution in [0, 0.1) is 6.92 Å². The zero-order valence-electron chi connectivity index (χ0n) is 17.5. The van der Waals surface area contributed by atoms with Gasteiger partial charge in [0, 0.05) is 35.8 Å². The summed E-state index contributed by atoms with van der Waals surface area (Å²) in [6, 6.07) is 11.9. The van der Waals surface area contributed by atoms with Crippen LogP contribution in [0.15, 0.2) is 47.4 Å². The molecule has 0 spiro atoms. The molecule has 8 nitrogen and oxygen atoms in total. The molecule has 0 bridgehead atoms. The number of aromatic nitrogens is 7. The van der Waals surface area contributed by atoms with Crippen molar-refractivity contribution < 1.29 is 0 Å². The van der Waals surface area contributed by atoms with Crippen LogP contribution in [0.25, 0.3) is 22.6 Å². The molecule has 8 heteroatoms. The first-order chi connectivity index (χ1) is 14.6. The maximum atomic E-state index is 12.7. The number of nitrogens with zero attached hydrogens (tertiary/aromatic N) is 6. The number of imidazole rings is 1. The summed E-state index contributed by atoms with van der Waals surface area (Å²) in [5.74, 6) is 0.578. The fraction of sp³-hybridized carbons (Fsp3) is 0.318. The highest BCUT2D eigenvalue weighted by Crippen LogP contribution is 2.27. The molecule has 0 saturated heterocycles.